The molecule has 132 valence electrons. The van der Waals surface area contributed by atoms with Crippen LogP contribution in [0.5, 0.6) is 0 Å². The van der Waals surface area contributed by atoms with Crippen molar-refractivity contribution in [1.29, 1.82) is 0 Å². The van der Waals surface area contributed by atoms with Gasteiger partial charge in [-0.2, -0.15) is 0 Å². The van der Waals surface area contributed by atoms with Crippen molar-refractivity contribution in [1.82, 2.24) is 0 Å². The molecule has 1 nitrogen and oxygen atoms in total. The molecule has 0 bridgehead atoms. The monoisotopic (exact) mass is 334 g/mol. The van der Waals surface area contributed by atoms with Crippen molar-refractivity contribution in [3.05, 3.63) is 60.2 Å². The lowest BCUT2D eigenvalue weighted by Crippen LogP contribution is -2.52. The molecule has 0 N–H and O–H groups in total. The normalized spacial score (nSPS) is 13.7. The maximum absolute atomic E-state index is 3.38. The fourth-order valence-corrected chi connectivity index (χ4v) is 2.67. The molecule has 2 aromatic carbocycles. The van der Waals surface area contributed by atoms with E-state index >= 15 is 0 Å². The smallest absolute Gasteiger partial charge is 0.154 e. The van der Waals surface area contributed by atoms with Gasteiger partial charge >= 0.3 is 0 Å². The molecule has 0 spiro atoms. The van der Waals surface area contributed by atoms with Gasteiger partial charge in [-0.15, -0.1) is 0 Å². The van der Waals surface area contributed by atoms with Gasteiger partial charge in [0.05, 0.1) is 21.1 Å². The van der Waals surface area contributed by atoms with Gasteiger partial charge in [-0.1, -0.05) is 61.4 Å². The van der Waals surface area contributed by atoms with Gasteiger partial charge in [-0.25, -0.2) is 0 Å². The fraction of sp³-hybridized carbons (Fsp3) is 0.417. The Bertz CT molecular complexity index is 789. The van der Waals surface area contributed by atoms with Crippen LogP contribution in [0, 0.1) is 17.8 Å². The van der Waals surface area contributed by atoms with Crippen LogP contribution in [-0.2, 0) is 6.42 Å². The zero-order chi connectivity index (χ0) is 18.5. The van der Waals surface area contributed by atoms with Gasteiger partial charge in [0.25, 0.3) is 0 Å². The van der Waals surface area contributed by atoms with E-state index in [1.54, 1.807) is 0 Å². The Morgan fingerprint density at radius 1 is 1.04 bits per heavy atom. The van der Waals surface area contributed by atoms with E-state index in [0.29, 0.717) is 5.92 Å². The molecule has 0 amide bonds. The predicted molar refractivity (Wildman–Crippen MR) is 110 cm³/mol. The van der Waals surface area contributed by atoms with Crippen molar-refractivity contribution >= 4 is 10.8 Å². The maximum atomic E-state index is 3.38. The highest BCUT2D eigenvalue weighted by Crippen LogP contribution is 2.22. The molecule has 2 rings (SSSR count). The van der Waals surface area contributed by atoms with E-state index in [2.05, 4.69) is 102 Å². The quantitative estimate of drug-likeness (QED) is 0.503. The molecule has 0 aliphatic carbocycles. The summed E-state index contributed by atoms with van der Waals surface area (Å²) in [7, 11) is 6.56. The summed E-state index contributed by atoms with van der Waals surface area (Å²) in [5, 5.41) is 2.71. The third-order valence-electron chi connectivity index (χ3n) is 5.24. The first-order chi connectivity index (χ1) is 11.7. The fourth-order valence-electron chi connectivity index (χ4n) is 2.67. The van der Waals surface area contributed by atoms with E-state index in [1.165, 1.54) is 16.3 Å². The van der Waals surface area contributed by atoms with Crippen LogP contribution in [0.15, 0.2) is 54.6 Å². The summed E-state index contributed by atoms with van der Waals surface area (Å²) >= 11 is 0. The first kappa shape index (κ1) is 19.3. The summed E-state index contributed by atoms with van der Waals surface area (Å²) in [6, 6.07) is 15.3. The van der Waals surface area contributed by atoms with Gasteiger partial charge < -0.3 is 4.48 Å². The third kappa shape index (κ3) is 5.21. The van der Waals surface area contributed by atoms with Gasteiger partial charge in [-0.05, 0) is 47.1 Å². The van der Waals surface area contributed by atoms with Crippen molar-refractivity contribution in [2.75, 3.05) is 21.1 Å². The number of benzene rings is 2. The van der Waals surface area contributed by atoms with Crippen molar-refractivity contribution in [3.8, 4) is 11.8 Å². The molecule has 2 aromatic rings. The SMILES string of the molecule is CC(C/C=C/C#CC(C)(C)[N+](C)(C)C)Cc1cccc2ccccc12. The summed E-state index contributed by atoms with van der Waals surface area (Å²) < 4.78 is 0.839. The van der Waals surface area contributed by atoms with Gasteiger partial charge in [0.2, 0.25) is 0 Å². The van der Waals surface area contributed by atoms with E-state index in [1.807, 2.05) is 6.08 Å². The number of rotatable bonds is 5. The van der Waals surface area contributed by atoms with Crippen LogP contribution < -0.4 is 0 Å². The molecule has 0 aromatic heterocycles. The van der Waals surface area contributed by atoms with Gasteiger partial charge in [0.15, 0.2) is 5.54 Å². The molecule has 0 fully saturated rings. The molecule has 0 aliphatic rings. The van der Waals surface area contributed by atoms with Crippen molar-refractivity contribution < 1.29 is 4.48 Å². The lowest BCUT2D eigenvalue weighted by atomic mass is 9.94. The van der Waals surface area contributed by atoms with Gasteiger partial charge in [-0.3, -0.25) is 0 Å². The van der Waals surface area contributed by atoms with Crippen LogP contribution in [0.2, 0.25) is 0 Å². The number of hydrogen-bond acceptors (Lipinski definition) is 0. The largest absolute Gasteiger partial charge is 0.316 e. The number of nitrogens with zero attached hydrogens (tertiary/aromatic N) is 1. The zero-order valence-corrected chi connectivity index (χ0v) is 16.6. The van der Waals surface area contributed by atoms with Gasteiger partial charge in [0, 0.05) is 13.8 Å². The lowest BCUT2D eigenvalue weighted by molar-refractivity contribution is -0.909. The molecule has 0 saturated carbocycles. The van der Waals surface area contributed by atoms with Crippen molar-refractivity contribution in [2.24, 2.45) is 5.92 Å². The lowest BCUT2D eigenvalue weighted by Gasteiger charge is -2.37. The molecule has 0 saturated heterocycles. The van der Waals surface area contributed by atoms with Crippen molar-refractivity contribution in [3.63, 3.8) is 0 Å². The number of quaternary nitrogens is 1. The Balaban J connectivity index is 1.96. The Kier molecular flexibility index (Phi) is 6.09. The molecule has 1 unspecified atom stereocenters. The second-order valence-electron chi connectivity index (χ2n) is 8.43. The van der Waals surface area contributed by atoms with Crippen LogP contribution in [0.25, 0.3) is 10.8 Å². The zero-order valence-electron chi connectivity index (χ0n) is 16.6. The Morgan fingerprint density at radius 2 is 1.72 bits per heavy atom. The molecular weight excluding hydrogens is 302 g/mol. The van der Waals surface area contributed by atoms with Gasteiger partial charge in [0.1, 0.15) is 0 Å². The second kappa shape index (κ2) is 7.89. The minimum Gasteiger partial charge on any atom is -0.316 e. The minimum absolute atomic E-state index is 0.0427. The standard InChI is InChI=1S/C24H32N/c1-20(13-8-7-11-18-24(2,3)25(4,5)6)19-22-16-12-15-21-14-9-10-17-23(21)22/h7-10,12,14-17,20H,13,19H2,1-6H3/q+1/b8-7+. The molecule has 1 heteroatoms. The summed E-state index contributed by atoms with van der Waals surface area (Å²) in [6.45, 7) is 6.70. The van der Waals surface area contributed by atoms with Crippen LogP contribution in [0.1, 0.15) is 32.8 Å². The number of hydrogen-bond donors (Lipinski definition) is 0. The van der Waals surface area contributed by atoms with E-state index in [-0.39, 0.29) is 5.54 Å². The first-order valence-electron chi connectivity index (χ1n) is 9.16. The van der Waals surface area contributed by atoms with E-state index in [4.69, 9.17) is 0 Å². The van der Waals surface area contributed by atoms with E-state index in [9.17, 15) is 0 Å². The molecule has 0 aliphatic heterocycles. The topological polar surface area (TPSA) is 0 Å². The summed E-state index contributed by atoms with van der Waals surface area (Å²) in [5.74, 6) is 7.22. The summed E-state index contributed by atoms with van der Waals surface area (Å²) in [6.07, 6.45) is 6.40. The third-order valence-corrected chi connectivity index (χ3v) is 5.24. The second-order valence-corrected chi connectivity index (χ2v) is 8.43. The highest BCUT2D eigenvalue weighted by Gasteiger charge is 2.30. The van der Waals surface area contributed by atoms with Crippen molar-refractivity contribution in [2.45, 2.75) is 39.2 Å². The van der Waals surface area contributed by atoms with E-state index in [0.717, 1.165) is 17.3 Å². The molecule has 1 atom stereocenters. The maximum Gasteiger partial charge on any atom is 0.154 e. The highest BCUT2D eigenvalue weighted by molar-refractivity contribution is 5.85. The number of allylic oxidation sites excluding steroid dienone is 2. The van der Waals surface area contributed by atoms with Crippen LogP contribution >= 0.6 is 0 Å². The molecule has 0 radical (unpaired) electrons. The minimum atomic E-state index is -0.0427. The van der Waals surface area contributed by atoms with Crippen LogP contribution in [-0.4, -0.2) is 31.2 Å². The highest BCUT2D eigenvalue weighted by atomic mass is 15.3. The molecule has 25 heavy (non-hydrogen) atoms. The Labute approximate surface area is 154 Å². The van der Waals surface area contributed by atoms with E-state index < -0.39 is 0 Å². The summed E-state index contributed by atoms with van der Waals surface area (Å²) in [5.41, 5.74) is 1.40. The average Bonchev–Trinajstić information content (AvgIpc) is 2.54. The first-order valence-corrected chi connectivity index (χ1v) is 9.16. The Hall–Kier alpha value is -2.04. The van der Waals surface area contributed by atoms with Crippen LogP contribution in [0.3, 0.4) is 0 Å². The predicted octanol–water partition coefficient (Wildman–Crippen LogP) is 5.45. The summed E-state index contributed by atoms with van der Waals surface area (Å²) in [4.78, 5) is 0. The Morgan fingerprint density at radius 3 is 2.44 bits per heavy atom. The average molecular weight is 335 g/mol. The molecule has 0 heterocycles. The van der Waals surface area contributed by atoms with Crippen LogP contribution in [0.4, 0.5) is 0 Å². The number of fused-ring (bicyclic) bond motifs is 1. The molecular formula is C24H32N+.